The number of benzene rings is 1. The van der Waals surface area contributed by atoms with Crippen molar-refractivity contribution in [3.05, 3.63) is 42.0 Å². The first-order valence-corrected chi connectivity index (χ1v) is 7.75. The van der Waals surface area contributed by atoms with E-state index in [0.717, 1.165) is 12.0 Å². The molecule has 0 unspecified atom stereocenters. The maximum Gasteiger partial charge on any atom is 0.330 e. The van der Waals surface area contributed by atoms with Crippen LogP contribution in [-0.4, -0.2) is 12.6 Å². The lowest BCUT2D eigenvalue weighted by Crippen LogP contribution is -2.37. The molecule has 0 spiro atoms. The van der Waals surface area contributed by atoms with Crippen molar-refractivity contribution < 1.29 is 9.53 Å². The van der Waals surface area contributed by atoms with Gasteiger partial charge in [0.05, 0.1) is 6.61 Å². The maximum absolute atomic E-state index is 11.9. The highest BCUT2D eigenvalue weighted by molar-refractivity contribution is 5.87. The summed E-state index contributed by atoms with van der Waals surface area (Å²) in [6.45, 7) is 9.62. The second kappa shape index (κ2) is 6.05. The number of ether oxygens (including phenoxy) is 1. The van der Waals surface area contributed by atoms with Crippen molar-refractivity contribution in [1.29, 1.82) is 0 Å². The first-order valence-electron chi connectivity index (χ1n) is 7.75. The highest BCUT2D eigenvalue weighted by Crippen LogP contribution is 2.55. The fraction of sp³-hybridized carbons (Fsp3) is 0.526. The van der Waals surface area contributed by atoms with Gasteiger partial charge in [-0.25, -0.2) is 4.79 Å². The summed E-state index contributed by atoms with van der Waals surface area (Å²) >= 11 is 0. The Balaban J connectivity index is 1.91. The molecule has 1 saturated carbocycles. The molecule has 2 nitrogen and oxygen atoms in total. The van der Waals surface area contributed by atoms with Crippen molar-refractivity contribution >= 4 is 12.0 Å². The van der Waals surface area contributed by atoms with Gasteiger partial charge < -0.3 is 4.74 Å². The molecule has 0 heterocycles. The minimum Gasteiger partial charge on any atom is -0.462 e. The van der Waals surface area contributed by atoms with Crippen LogP contribution in [0.1, 0.15) is 46.1 Å². The van der Waals surface area contributed by atoms with Crippen LogP contribution in [0.15, 0.2) is 36.4 Å². The molecule has 2 heteroatoms. The largest absolute Gasteiger partial charge is 0.462 e. The Morgan fingerprint density at radius 2 is 1.95 bits per heavy atom. The highest BCUT2D eigenvalue weighted by Gasteiger charge is 2.50. The summed E-state index contributed by atoms with van der Waals surface area (Å²) in [6.07, 6.45) is 5.65. The standard InChI is InChI=1S/C19H26O2/c1-15-12-13-19(4,18(15,2)3)14-21-17(20)11-10-16-8-6-5-7-9-16/h5-11,15H,12-14H2,1-4H3/t15-,19+/m0/s1. The number of esters is 1. The number of hydrogen-bond acceptors (Lipinski definition) is 2. The summed E-state index contributed by atoms with van der Waals surface area (Å²) in [6, 6.07) is 9.79. The van der Waals surface area contributed by atoms with Crippen molar-refractivity contribution in [1.82, 2.24) is 0 Å². The third-order valence-electron chi connectivity index (χ3n) is 5.66. The molecule has 0 amide bonds. The topological polar surface area (TPSA) is 26.3 Å². The van der Waals surface area contributed by atoms with Gasteiger partial charge in [-0.05, 0) is 35.8 Å². The summed E-state index contributed by atoms with van der Waals surface area (Å²) < 4.78 is 5.51. The SMILES string of the molecule is C[C@H]1CC[C@](C)(COC(=O)C=Cc2ccccc2)C1(C)C. The van der Waals surface area contributed by atoms with Gasteiger partial charge in [0.1, 0.15) is 0 Å². The number of rotatable bonds is 4. The average Bonchev–Trinajstić information content (AvgIpc) is 2.68. The highest BCUT2D eigenvalue weighted by atomic mass is 16.5. The van der Waals surface area contributed by atoms with Gasteiger partial charge in [0.25, 0.3) is 0 Å². The van der Waals surface area contributed by atoms with Gasteiger partial charge in [0.2, 0.25) is 0 Å². The Kier molecular flexibility index (Phi) is 4.55. The summed E-state index contributed by atoms with van der Waals surface area (Å²) in [5, 5.41) is 0. The summed E-state index contributed by atoms with van der Waals surface area (Å²) in [7, 11) is 0. The molecule has 0 saturated heterocycles. The van der Waals surface area contributed by atoms with Crippen LogP contribution in [0.4, 0.5) is 0 Å². The average molecular weight is 286 g/mol. The summed E-state index contributed by atoms with van der Waals surface area (Å²) in [4.78, 5) is 11.9. The Labute approximate surface area is 128 Å². The summed E-state index contributed by atoms with van der Waals surface area (Å²) in [5.74, 6) is 0.413. The van der Waals surface area contributed by atoms with Crippen molar-refractivity contribution in [3.63, 3.8) is 0 Å². The molecule has 1 aliphatic rings. The lowest BCUT2D eigenvalue weighted by atomic mass is 9.66. The molecular formula is C19H26O2. The Hall–Kier alpha value is -1.57. The molecule has 1 aliphatic carbocycles. The Morgan fingerprint density at radius 3 is 2.52 bits per heavy atom. The van der Waals surface area contributed by atoms with Crippen LogP contribution >= 0.6 is 0 Å². The minimum atomic E-state index is -0.254. The number of hydrogen-bond donors (Lipinski definition) is 0. The second-order valence-electron chi connectivity index (χ2n) is 7.07. The smallest absolute Gasteiger partial charge is 0.330 e. The fourth-order valence-corrected chi connectivity index (χ4v) is 3.08. The van der Waals surface area contributed by atoms with E-state index in [-0.39, 0.29) is 16.8 Å². The van der Waals surface area contributed by atoms with Gasteiger partial charge in [-0.15, -0.1) is 0 Å². The first kappa shape index (κ1) is 15.8. The third-order valence-corrected chi connectivity index (χ3v) is 5.66. The molecule has 2 rings (SSSR count). The van der Waals surface area contributed by atoms with Crippen molar-refractivity contribution in [2.45, 2.75) is 40.5 Å². The molecule has 1 aromatic rings. The normalized spacial score (nSPS) is 27.9. The zero-order valence-corrected chi connectivity index (χ0v) is 13.6. The van der Waals surface area contributed by atoms with Gasteiger partial charge in [0, 0.05) is 11.5 Å². The Bertz CT molecular complexity index is 516. The maximum atomic E-state index is 11.9. The van der Waals surface area contributed by atoms with Crippen LogP contribution in [0.2, 0.25) is 0 Å². The van der Waals surface area contributed by atoms with Crippen LogP contribution in [0.5, 0.6) is 0 Å². The van der Waals surface area contributed by atoms with E-state index >= 15 is 0 Å². The van der Waals surface area contributed by atoms with E-state index < -0.39 is 0 Å². The van der Waals surface area contributed by atoms with E-state index in [9.17, 15) is 4.79 Å². The van der Waals surface area contributed by atoms with E-state index in [2.05, 4.69) is 27.7 Å². The van der Waals surface area contributed by atoms with Gasteiger partial charge in [-0.2, -0.15) is 0 Å². The van der Waals surface area contributed by atoms with E-state index in [1.807, 2.05) is 30.3 Å². The molecule has 1 fully saturated rings. The lowest BCUT2D eigenvalue weighted by Gasteiger charge is -2.40. The van der Waals surface area contributed by atoms with Gasteiger partial charge in [-0.3, -0.25) is 0 Å². The molecule has 114 valence electrons. The quantitative estimate of drug-likeness (QED) is 0.592. The second-order valence-corrected chi connectivity index (χ2v) is 7.07. The van der Waals surface area contributed by atoms with Gasteiger partial charge >= 0.3 is 5.97 Å². The lowest BCUT2D eigenvalue weighted by molar-refractivity contribution is -0.143. The van der Waals surface area contributed by atoms with Crippen LogP contribution in [0.3, 0.4) is 0 Å². The molecule has 0 aromatic heterocycles. The van der Waals surface area contributed by atoms with Crippen molar-refractivity contribution in [2.75, 3.05) is 6.61 Å². The molecule has 1 aromatic carbocycles. The van der Waals surface area contributed by atoms with Crippen LogP contribution in [0, 0.1) is 16.7 Å². The van der Waals surface area contributed by atoms with E-state index in [1.54, 1.807) is 6.08 Å². The molecule has 21 heavy (non-hydrogen) atoms. The molecule has 0 N–H and O–H groups in total. The minimum absolute atomic E-state index is 0.0721. The zero-order chi connectivity index (χ0) is 15.5. The first-order chi connectivity index (χ1) is 9.85. The molecule has 0 radical (unpaired) electrons. The number of carbonyl (C=O) groups excluding carboxylic acids is 1. The number of carbonyl (C=O) groups is 1. The molecule has 0 aliphatic heterocycles. The van der Waals surface area contributed by atoms with Gasteiger partial charge in [0.15, 0.2) is 0 Å². The Morgan fingerprint density at radius 1 is 1.29 bits per heavy atom. The fourth-order valence-electron chi connectivity index (χ4n) is 3.08. The van der Waals surface area contributed by atoms with E-state index in [1.165, 1.54) is 12.5 Å². The molecule has 2 atom stereocenters. The van der Waals surface area contributed by atoms with Crippen LogP contribution in [0.25, 0.3) is 6.08 Å². The predicted molar refractivity (Wildman–Crippen MR) is 86.7 cm³/mol. The predicted octanol–water partition coefficient (Wildman–Crippen LogP) is 4.71. The summed E-state index contributed by atoms with van der Waals surface area (Å²) in [5.41, 5.74) is 1.29. The zero-order valence-electron chi connectivity index (χ0n) is 13.6. The van der Waals surface area contributed by atoms with Crippen molar-refractivity contribution in [3.8, 4) is 0 Å². The monoisotopic (exact) mass is 286 g/mol. The van der Waals surface area contributed by atoms with Crippen LogP contribution in [-0.2, 0) is 9.53 Å². The van der Waals surface area contributed by atoms with E-state index in [4.69, 9.17) is 4.74 Å². The van der Waals surface area contributed by atoms with Crippen molar-refractivity contribution in [2.24, 2.45) is 16.7 Å². The van der Waals surface area contributed by atoms with E-state index in [0.29, 0.717) is 12.5 Å². The molecule has 0 bridgehead atoms. The molecular weight excluding hydrogens is 260 g/mol. The van der Waals surface area contributed by atoms with Gasteiger partial charge in [-0.1, -0.05) is 58.0 Å². The van der Waals surface area contributed by atoms with Crippen LogP contribution < -0.4 is 0 Å². The third kappa shape index (κ3) is 3.37.